The van der Waals surface area contributed by atoms with Gasteiger partial charge in [-0.15, -0.1) is 0 Å². The first-order valence-electron chi connectivity index (χ1n) is 7.07. The van der Waals surface area contributed by atoms with Crippen LogP contribution in [0.15, 0.2) is 41.5 Å². The topological polar surface area (TPSA) is 88.2 Å². The van der Waals surface area contributed by atoms with Gasteiger partial charge in [0.1, 0.15) is 23.3 Å². The standard InChI is InChI=1S/C16H14N4O3/c1-19-7-3-5-13(15(19)21)16(22)20-9-12(10-20)23-14-11(8-17)4-2-6-18-14/h2-7,12H,9-10H2,1H3. The Balaban J connectivity index is 1.65. The number of nitriles is 1. The lowest BCUT2D eigenvalue weighted by atomic mass is 10.1. The van der Waals surface area contributed by atoms with Gasteiger partial charge in [0, 0.05) is 19.4 Å². The lowest BCUT2D eigenvalue weighted by molar-refractivity contribution is 0.0157. The average Bonchev–Trinajstić information content (AvgIpc) is 2.53. The third-order valence-corrected chi connectivity index (χ3v) is 3.66. The fraction of sp³-hybridized carbons (Fsp3) is 0.250. The number of amides is 1. The van der Waals surface area contributed by atoms with Crippen LogP contribution in [0.5, 0.6) is 5.88 Å². The molecule has 1 amide bonds. The summed E-state index contributed by atoms with van der Waals surface area (Å²) in [6.45, 7) is 0.719. The Morgan fingerprint density at radius 2 is 2.17 bits per heavy atom. The summed E-state index contributed by atoms with van der Waals surface area (Å²) in [7, 11) is 1.60. The Hall–Kier alpha value is -3.14. The molecule has 1 fully saturated rings. The van der Waals surface area contributed by atoms with E-state index in [0.717, 1.165) is 0 Å². The van der Waals surface area contributed by atoms with Crippen molar-refractivity contribution in [3.05, 3.63) is 58.1 Å². The number of carbonyl (C=O) groups excluding carboxylic acids is 1. The van der Waals surface area contributed by atoms with Crippen LogP contribution < -0.4 is 10.3 Å². The number of nitrogens with zero attached hydrogens (tertiary/aromatic N) is 4. The maximum absolute atomic E-state index is 12.3. The van der Waals surface area contributed by atoms with Gasteiger partial charge in [0.2, 0.25) is 5.88 Å². The smallest absolute Gasteiger partial charge is 0.263 e. The molecule has 0 unspecified atom stereocenters. The van der Waals surface area contributed by atoms with Crippen LogP contribution in [-0.2, 0) is 7.05 Å². The van der Waals surface area contributed by atoms with E-state index in [0.29, 0.717) is 18.7 Å². The van der Waals surface area contributed by atoms with Gasteiger partial charge < -0.3 is 14.2 Å². The zero-order chi connectivity index (χ0) is 16.4. The summed E-state index contributed by atoms with van der Waals surface area (Å²) in [5, 5.41) is 9.00. The maximum Gasteiger partial charge on any atom is 0.263 e. The number of ether oxygens (including phenoxy) is 1. The third-order valence-electron chi connectivity index (χ3n) is 3.66. The normalized spacial score (nSPS) is 14.0. The van der Waals surface area contributed by atoms with Gasteiger partial charge in [-0.2, -0.15) is 5.26 Å². The van der Waals surface area contributed by atoms with E-state index in [1.807, 2.05) is 6.07 Å². The lowest BCUT2D eigenvalue weighted by Gasteiger charge is -2.38. The van der Waals surface area contributed by atoms with Gasteiger partial charge in [0.15, 0.2) is 0 Å². The van der Waals surface area contributed by atoms with Gasteiger partial charge >= 0.3 is 0 Å². The van der Waals surface area contributed by atoms with Crippen LogP contribution in [0.1, 0.15) is 15.9 Å². The molecule has 23 heavy (non-hydrogen) atoms. The summed E-state index contributed by atoms with van der Waals surface area (Å²) in [5.41, 5.74) is 0.177. The van der Waals surface area contributed by atoms with Crippen molar-refractivity contribution in [3.63, 3.8) is 0 Å². The van der Waals surface area contributed by atoms with Gasteiger partial charge in [-0.05, 0) is 24.3 Å². The number of rotatable bonds is 3. The van der Waals surface area contributed by atoms with Crippen LogP contribution in [0.25, 0.3) is 0 Å². The molecule has 1 aliphatic rings. The number of pyridine rings is 2. The Labute approximate surface area is 132 Å². The number of hydrogen-bond donors (Lipinski definition) is 0. The molecule has 3 rings (SSSR count). The van der Waals surface area contributed by atoms with E-state index >= 15 is 0 Å². The van der Waals surface area contributed by atoms with Crippen LogP contribution in [-0.4, -0.2) is 39.6 Å². The molecule has 1 aliphatic heterocycles. The second-order valence-electron chi connectivity index (χ2n) is 5.26. The Morgan fingerprint density at radius 1 is 1.39 bits per heavy atom. The molecule has 2 aromatic rings. The number of aryl methyl sites for hydroxylation is 1. The molecule has 0 saturated carbocycles. The van der Waals surface area contributed by atoms with Crippen LogP contribution >= 0.6 is 0 Å². The molecule has 1 saturated heterocycles. The lowest BCUT2D eigenvalue weighted by Crippen LogP contribution is -2.57. The highest BCUT2D eigenvalue weighted by Gasteiger charge is 2.34. The fourth-order valence-corrected chi connectivity index (χ4v) is 2.34. The van der Waals surface area contributed by atoms with E-state index in [2.05, 4.69) is 4.98 Å². The molecule has 0 atom stereocenters. The molecule has 7 nitrogen and oxygen atoms in total. The van der Waals surface area contributed by atoms with Gasteiger partial charge in [0.05, 0.1) is 13.1 Å². The molecule has 0 aromatic carbocycles. The molecular weight excluding hydrogens is 296 g/mol. The summed E-state index contributed by atoms with van der Waals surface area (Å²) in [6, 6.07) is 8.47. The second-order valence-corrected chi connectivity index (χ2v) is 5.26. The van der Waals surface area contributed by atoms with Crippen LogP contribution in [0, 0.1) is 11.3 Å². The van der Waals surface area contributed by atoms with Crippen molar-refractivity contribution in [1.82, 2.24) is 14.5 Å². The van der Waals surface area contributed by atoms with Crippen molar-refractivity contribution in [1.29, 1.82) is 5.26 Å². The van der Waals surface area contributed by atoms with Crippen molar-refractivity contribution in [2.24, 2.45) is 7.05 Å². The summed E-state index contributed by atoms with van der Waals surface area (Å²) in [6.07, 6.45) is 2.92. The van der Waals surface area contributed by atoms with Crippen LogP contribution in [0.3, 0.4) is 0 Å². The van der Waals surface area contributed by atoms with Gasteiger partial charge in [-0.3, -0.25) is 9.59 Å². The molecule has 0 N–H and O–H groups in total. The zero-order valence-electron chi connectivity index (χ0n) is 12.5. The summed E-state index contributed by atoms with van der Waals surface area (Å²) in [4.78, 5) is 29.8. The minimum absolute atomic E-state index is 0.143. The van der Waals surface area contributed by atoms with E-state index < -0.39 is 0 Å². The monoisotopic (exact) mass is 310 g/mol. The van der Waals surface area contributed by atoms with Crippen LogP contribution in [0.2, 0.25) is 0 Å². The van der Waals surface area contributed by atoms with E-state index in [1.165, 1.54) is 15.5 Å². The number of hydrogen-bond acceptors (Lipinski definition) is 5. The Bertz CT molecular complexity index is 847. The molecule has 0 bridgehead atoms. The Kier molecular flexibility index (Phi) is 3.81. The summed E-state index contributed by atoms with van der Waals surface area (Å²) < 4.78 is 7.00. The summed E-state index contributed by atoms with van der Waals surface area (Å²) in [5.74, 6) is -0.0460. The molecule has 0 aliphatic carbocycles. The largest absolute Gasteiger partial charge is 0.470 e. The van der Waals surface area contributed by atoms with E-state index in [9.17, 15) is 9.59 Å². The van der Waals surface area contributed by atoms with E-state index in [-0.39, 0.29) is 29.0 Å². The molecule has 116 valence electrons. The molecule has 0 spiro atoms. The maximum atomic E-state index is 12.3. The molecule has 7 heteroatoms. The first kappa shape index (κ1) is 14.8. The SMILES string of the molecule is Cn1cccc(C(=O)N2CC(Oc3ncccc3C#N)C2)c1=O. The van der Waals surface area contributed by atoms with Crippen molar-refractivity contribution >= 4 is 5.91 Å². The van der Waals surface area contributed by atoms with Crippen molar-refractivity contribution in [3.8, 4) is 11.9 Å². The van der Waals surface area contributed by atoms with Crippen molar-refractivity contribution in [2.45, 2.75) is 6.10 Å². The number of carbonyl (C=O) groups is 1. The average molecular weight is 310 g/mol. The highest BCUT2D eigenvalue weighted by atomic mass is 16.5. The van der Waals surface area contributed by atoms with Gasteiger partial charge in [-0.1, -0.05) is 0 Å². The molecule has 2 aromatic heterocycles. The van der Waals surface area contributed by atoms with E-state index in [1.54, 1.807) is 37.6 Å². The third kappa shape index (κ3) is 2.79. The van der Waals surface area contributed by atoms with Gasteiger partial charge in [-0.25, -0.2) is 4.98 Å². The highest BCUT2D eigenvalue weighted by Crippen LogP contribution is 2.20. The minimum atomic E-state index is -0.321. The number of aromatic nitrogens is 2. The fourth-order valence-electron chi connectivity index (χ4n) is 2.34. The first-order chi connectivity index (χ1) is 11.1. The zero-order valence-corrected chi connectivity index (χ0v) is 12.5. The predicted octanol–water partition coefficient (Wildman–Crippen LogP) is 0.555. The minimum Gasteiger partial charge on any atom is -0.470 e. The highest BCUT2D eigenvalue weighted by molar-refractivity contribution is 5.94. The van der Waals surface area contributed by atoms with Crippen molar-refractivity contribution < 1.29 is 9.53 Å². The van der Waals surface area contributed by atoms with Gasteiger partial charge in [0.25, 0.3) is 11.5 Å². The summed E-state index contributed by atoms with van der Waals surface area (Å²) >= 11 is 0. The number of likely N-dealkylation sites (tertiary alicyclic amines) is 1. The molecule has 3 heterocycles. The first-order valence-corrected chi connectivity index (χ1v) is 7.07. The molecular formula is C16H14N4O3. The Morgan fingerprint density at radius 3 is 2.91 bits per heavy atom. The molecule has 0 radical (unpaired) electrons. The van der Waals surface area contributed by atoms with Crippen LogP contribution in [0.4, 0.5) is 0 Å². The van der Waals surface area contributed by atoms with E-state index in [4.69, 9.17) is 10.00 Å². The van der Waals surface area contributed by atoms with Crippen molar-refractivity contribution in [2.75, 3.05) is 13.1 Å². The quantitative estimate of drug-likeness (QED) is 0.826. The predicted molar refractivity (Wildman–Crippen MR) is 81.0 cm³/mol. The second kappa shape index (κ2) is 5.93.